The van der Waals surface area contributed by atoms with Crippen molar-refractivity contribution < 1.29 is 4.42 Å². The number of hydrogen-bond donors (Lipinski definition) is 0. The van der Waals surface area contributed by atoms with Crippen LogP contribution < -0.4 is 4.90 Å². The summed E-state index contributed by atoms with van der Waals surface area (Å²) in [5.74, 6) is 0. The number of para-hydroxylation sites is 4. The van der Waals surface area contributed by atoms with Gasteiger partial charge in [-0.15, -0.1) is 0 Å². The molecular formula is C54H36N2O. The number of hydrogen-bond acceptors (Lipinski definition) is 2. The molecular weight excluding hydrogens is 693 g/mol. The zero-order valence-corrected chi connectivity index (χ0v) is 31.1. The number of fused-ring (bicyclic) bond motifs is 6. The van der Waals surface area contributed by atoms with E-state index >= 15 is 0 Å². The van der Waals surface area contributed by atoms with Gasteiger partial charge in [0.2, 0.25) is 0 Å². The van der Waals surface area contributed by atoms with Crippen molar-refractivity contribution in [3.05, 3.63) is 218 Å². The second kappa shape index (κ2) is 13.6. The van der Waals surface area contributed by atoms with E-state index in [1.807, 2.05) is 12.1 Å². The molecule has 57 heavy (non-hydrogen) atoms. The lowest BCUT2D eigenvalue weighted by atomic mass is 9.96. The van der Waals surface area contributed by atoms with Gasteiger partial charge in [-0.05, 0) is 101 Å². The van der Waals surface area contributed by atoms with Crippen molar-refractivity contribution in [3.8, 4) is 39.1 Å². The highest BCUT2D eigenvalue weighted by Crippen LogP contribution is 2.45. The van der Waals surface area contributed by atoms with Crippen LogP contribution in [0.4, 0.5) is 17.1 Å². The van der Waals surface area contributed by atoms with E-state index in [9.17, 15) is 0 Å². The maximum absolute atomic E-state index is 6.37. The standard InChI is InChI=1S/C54H36N2O/c1-2-14-37(15-3-1)39-16-12-17-40(36-39)38-28-30-41(31-29-38)55(42-32-34-43(35-33-42)56-50-24-9-4-18-44(50)45-19-5-10-25-51(45)56)49-23-8-6-20-46(49)47-22-13-27-53-54(47)48-21-7-11-26-52(48)57-53/h1-36H. The van der Waals surface area contributed by atoms with Gasteiger partial charge in [0, 0.05) is 44.2 Å². The molecule has 0 atom stereocenters. The van der Waals surface area contributed by atoms with E-state index in [0.717, 1.165) is 55.8 Å². The monoisotopic (exact) mass is 728 g/mol. The molecule has 0 aliphatic carbocycles. The molecule has 0 aliphatic heterocycles. The molecule has 11 aromatic rings. The van der Waals surface area contributed by atoms with Gasteiger partial charge in [-0.1, -0.05) is 146 Å². The Hall–Kier alpha value is -7.62. The summed E-state index contributed by atoms with van der Waals surface area (Å²) < 4.78 is 8.74. The van der Waals surface area contributed by atoms with Gasteiger partial charge in [-0.2, -0.15) is 0 Å². The first kappa shape index (κ1) is 32.8. The maximum Gasteiger partial charge on any atom is 0.136 e. The fraction of sp³-hybridized carbons (Fsp3) is 0. The Morgan fingerprint density at radius 3 is 1.58 bits per heavy atom. The number of aromatic nitrogens is 1. The number of rotatable bonds is 7. The fourth-order valence-corrected chi connectivity index (χ4v) is 8.59. The van der Waals surface area contributed by atoms with Gasteiger partial charge in [-0.25, -0.2) is 0 Å². The molecule has 0 N–H and O–H groups in total. The average molecular weight is 729 g/mol. The lowest BCUT2D eigenvalue weighted by Crippen LogP contribution is -2.11. The minimum Gasteiger partial charge on any atom is -0.456 e. The Bertz CT molecular complexity index is 3170. The first-order valence-electron chi connectivity index (χ1n) is 19.4. The Labute approximate surface area is 330 Å². The van der Waals surface area contributed by atoms with Gasteiger partial charge in [0.25, 0.3) is 0 Å². The predicted octanol–water partition coefficient (Wildman–Crippen LogP) is 15.2. The van der Waals surface area contributed by atoms with Crippen LogP contribution in [-0.2, 0) is 0 Å². The fourth-order valence-electron chi connectivity index (χ4n) is 8.59. The summed E-state index contributed by atoms with van der Waals surface area (Å²) in [7, 11) is 0. The summed E-state index contributed by atoms with van der Waals surface area (Å²) in [5.41, 5.74) is 15.5. The summed E-state index contributed by atoms with van der Waals surface area (Å²) in [5, 5.41) is 4.74. The number of benzene rings is 9. The number of furan rings is 1. The van der Waals surface area contributed by atoms with Crippen LogP contribution in [0.15, 0.2) is 223 Å². The van der Waals surface area contributed by atoms with Crippen LogP contribution in [-0.4, -0.2) is 4.57 Å². The van der Waals surface area contributed by atoms with Crippen molar-refractivity contribution in [2.75, 3.05) is 4.90 Å². The second-order valence-electron chi connectivity index (χ2n) is 14.5. The second-order valence-corrected chi connectivity index (χ2v) is 14.5. The highest BCUT2D eigenvalue weighted by molar-refractivity contribution is 6.14. The molecule has 0 saturated carbocycles. The lowest BCUT2D eigenvalue weighted by molar-refractivity contribution is 0.669. The minimum atomic E-state index is 0.882. The molecule has 0 fully saturated rings. The van der Waals surface area contributed by atoms with Gasteiger partial charge in [0.15, 0.2) is 0 Å². The Balaban J connectivity index is 1.07. The van der Waals surface area contributed by atoms with E-state index in [1.165, 1.54) is 44.1 Å². The van der Waals surface area contributed by atoms with Crippen molar-refractivity contribution in [1.82, 2.24) is 4.57 Å². The summed E-state index contributed by atoms with van der Waals surface area (Å²) >= 11 is 0. The molecule has 0 bridgehead atoms. The van der Waals surface area contributed by atoms with E-state index in [0.29, 0.717) is 0 Å². The predicted molar refractivity (Wildman–Crippen MR) is 239 cm³/mol. The first-order valence-corrected chi connectivity index (χ1v) is 19.4. The quantitative estimate of drug-likeness (QED) is 0.163. The smallest absolute Gasteiger partial charge is 0.136 e. The molecule has 3 nitrogen and oxygen atoms in total. The van der Waals surface area contributed by atoms with E-state index in [1.54, 1.807) is 0 Å². The van der Waals surface area contributed by atoms with Gasteiger partial charge < -0.3 is 13.9 Å². The van der Waals surface area contributed by atoms with E-state index in [2.05, 4.69) is 216 Å². The summed E-state index contributed by atoms with van der Waals surface area (Å²) in [6, 6.07) is 78.1. The zero-order valence-electron chi connectivity index (χ0n) is 31.1. The summed E-state index contributed by atoms with van der Waals surface area (Å²) in [4.78, 5) is 2.39. The Morgan fingerprint density at radius 1 is 0.351 bits per heavy atom. The molecule has 3 heteroatoms. The van der Waals surface area contributed by atoms with E-state index in [4.69, 9.17) is 4.42 Å². The van der Waals surface area contributed by atoms with Crippen molar-refractivity contribution in [2.24, 2.45) is 0 Å². The molecule has 268 valence electrons. The molecule has 2 heterocycles. The van der Waals surface area contributed by atoms with Crippen LogP contribution >= 0.6 is 0 Å². The topological polar surface area (TPSA) is 21.3 Å². The first-order chi connectivity index (χ1) is 28.3. The zero-order chi connectivity index (χ0) is 37.7. The Kier molecular flexibility index (Phi) is 7.82. The number of anilines is 3. The van der Waals surface area contributed by atoms with Crippen LogP contribution in [0.25, 0.3) is 82.8 Å². The molecule has 0 unspecified atom stereocenters. The summed E-state index contributed by atoms with van der Waals surface area (Å²) in [6.45, 7) is 0. The molecule has 11 rings (SSSR count). The molecule has 0 amide bonds. The third kappa shape index (κ3) is 5.60. The SMILES string of the molecule is c1ccc(-c2cccc(-c3ccc(N(c4ccc(-n5c6ccccc6c6ccccc65)cc4)c4ccccc4-c4cccc5oc6ccccc6c45)cc3)c2)cc1. The van der Waals surface area contributed by atoms with Gasteiger partial charge >= 0.3 is 0 Å². The largest absolute Gasteiger partial charge is 0.456 e. The van der Waals surface area contributed by atoms with Crippen LogP contribution in [0.1, 0.15) is 0 Å². The van der Waals surface area contributed by atoms with E-state index < -0.39 is 0 Å². The van der Waals surface area contributed by atoms with Gasteiger partial charge in [-0.3, -0.25) is 0 Å². The van der Waals surface area contributed by atoms with E-state index in [-0.39, 0.29) is 0 Å². The van der Waals surface area contributed by atoms with Crippen molar-refractivity contribution in [3.63, 3.8) is 0 Å². The van der Waals surface area contributed by atoms with Crippen LogP contribution in [0.2, 0.25) is 0 Å². The lowest BCUT2D eigenvalue weighted by Gasteiger charge is -2.28. The van der Waals surface area contributed by atoms with Crippen LogP contribution in [0.3, 0.4) is 0 Å². The highest BCUT2D eigenvalue weighted by atomic mass is 16.3. The minimum absolute atomic E-state index is 0.882. The maximum atomic E-state index is 6.37. The third-order valence-electron chi connectivity index (χ3n) is 11.2. The van der Waals surface area contributed by atoms with Gasteiger partial charge in [0.1, 0.15) is 11.2 Å². The highest BCUT2D eigenvalue weighted by Gasteiger charge is 2.21. The van der Waals surface area contributed by atoms with Crippen molar-refractivity contribution >= 4 is 60.8 Å². The average Bonchev–Trinajstić information content (AvgIpc) is 3.84. The van der Waals surface area contributed by atoms with Crippen LogP contribution in [0, 0.1) is 0 Å². The molecule has 2 aromatic heterocycles. The number of nitrogens with zero attached hydrogens (tertiary/aromatic N) is 2. The molecule has 9 aromatic carbocycles. The Morgan fingerprint density at radius 2 is 0.860 bits per heavy atom. The molecule has 0 spiro atoms. The molecule has 0 aliphatic rings. The van der Waals surface area contributed by atoms with Gasteiger partial charge in [0.05, 0.1) is 16.7 Å². The van der Waals surface area contributed by atoms with Crippen LogP contribution in [0.5, 0.6) is 0 Å². The summed E-state index contributed by atoms with van der Waals surface area (Å²) in [6.07, 6.45) is 0. The van der Waals surface area contributed by atoms with Crippen molar-refractivity contribution in [2.45, 2.75) is 0 Å². The molecule has 0 radical (unpaired) electrons. The molecule has 0 saturated heterocycles. The third-order valence-corrected chi connectivity index (χ3v) is 11.2. The normalized spacial score (nSPS) is 11.5. The van der Waals surface area contributed by atoms with Crippen molar-refractivity contribution in [1.29, 1.82) is 0 Å².